The van der Waals surface area contributed by atoms with Gasteiger partial charge in [0.2, 0.25) is 0 Å². The van der Waals surface area contributed by atoms with E-state index in [0.717, 1.165) is 29.3 Å². The van der Waals surface area contributed by atoms with Crippen LogP contribution in [-0.2, 0) is 13.1 Å². The molecule has 0 unspecified atom stereocenters. The molecule has 0 aliphatic carbocycles. The van der Waals surface area contributed by atoms with Crippen LogP contribution in [0.5, 0.6) is 0 Å². The monoisotopic (exact) mass is 268 g/mol. The number of anilines is 1. The molecular weight excluding hydrogens is 252 g/mol. The van der Waals surface area contributed by atoms with Crippen LogP contribution in [0, 0.1) is 0 Å². The summed E-state index contributed by atoms with van der Waals surface area (Å²) in [5.74, 6) is 0.877. The molecule has 3 aromatic heterocycles. The predicted molar refractivity (Wildman–Crippen MR) is 77.2 cm³/mol. The molecule has 2 N–H and O–H groups in total. The second-order valence-electron chi connectivity index (χ2n) is 4.65. The van der Waals surface area contributed by atoms with Crippen LogP contribution in [0.1, 0.15) is 11.3 Å². The first-order valence-electron chi connectivity index (χ1n) is 6.41. The van der Waals surface area contributed by atoms with Gasteiger partial charge in [0.1, 0.15) is 5.82 Å². The molecule has 0 atom stereocenters. The minimum absolute atomic E-state index is 0.421. The van der Waals surface area contributed by atoms with Crippen LogP contribution in [0.2, 0.25) is 0 Å². The highest BCUT2D eigenvalue weighted by molar-refractivity contribution is 5.46. The van der Waals surface area contributed by atoms with Gasteiger partial charge in [-0.3, -0.25) is 4.98 Å². The van der Waals surface area contributed by atoms with Gasteiger partial charge in [-0.2, -0.15) is 0 Å². The Labute approximate surface area is 116 Å². The van der Waals surface area contributed by atoms with Gasteiger partial charge in [-0.05, 0) is 23.8 Å². The highest BCUT2D eigenvalue weighted by atomic mass is 15.3. The van der Waals surface area contributed by atoms with Gasteiger partial charge in [-0.15, -0.1) is 5.10 Å². The standard InChI is InChI=1S/C14H16N6/c1-19(9-11-3-2-6-16-8-11)14-5-4-13-17-12(7-15)10-20(13)18-14/h2-6,8,10H,7,9,15H2,1H3. The van der Waals surface area contributed by atoms with Gasteiger partial charge in [-0.25, -0.2) is 9.50 Å². The van der Waals surface area contributed by atoms with E-state index in [1.54, 1.807) is 10.7 Å². The Balaban J connectivity index is 1.85. The fourth-order valence-corrected chi connectivity index (χ4v) is 2.07. The zero-order valence-electron chi connectivity index (χ0n) is 11.3. The molecule has 0 bridgehead atoms. The first kappa shape index (κ1) is 12.6. The summed E-state index contributed by atoms with van der Waals surface area (Å²) < 4.78 is 1.76. The Morgan fingerprint density at radius 1 is 1.30 bits per heavy atom. The topological polar surface area (TPSA) is 72.3 Å². The minimum Gasteiger partial charge on any atom is -0.354 e. The van der Waals surface area contributed by atoms with Gasteiger partial charge >= 0.3 is 0 Å². The van der Waals surface area contributed by atoms with E-state index in [-0.39, 0.29) is 0 Å². The van der Waals surface area contributed by atoms with Crippen molar-refractivity contribution in [3.05, 3.63) is 54.1 Å². The van der Waals surface area contributed by atoms with Crippen molar-refractivity contribution in [2.45, 2.75) is 13.1 Å². The second kappa shape index (κ2) is 5.26. The molecule has 0 aliphatic heterocycles. The van der Waals surface area contributed by atoms with E-state index in [1.165, 1.54) is 0 Å². The Morgan fingerprint density at radius 2 is 2.20 bits per heavy atom. The van der Waals surface area contributed by atoms with E-state index in [9.17, 15) is 0 Å². The minimum atomic E-state index is 0.421. The van der Waals surface area contributed by atoms with E-state index in [4.69, 9.17) is 5.73 Å². The van der Waals surface area contributed by atoms with Crippen LogP contribution < -0.4 is 10.6 Å². The molecule has 20 heavy (non-hydrogen) atoms. The van der Waals surface area contributed by atoms with Gasteiger partial charge < -0.3 is 10.6 Å². The zero-order valence-corrected chi connectivity index (χ0v) is 11.3. The number of nitrogens with two attached hydrogens (primary N) is 1. The van der Waals surface area contributed by atoms with Crippen LogP contribution in [0.15, 0.2) is 42.9 Å². The first-order chi connectivity index (χ1) is 9.76. The highest BCUT2D eigenvalue weighted by Gasteiger charge is 2.07. The van der Waals surface area contributed by atoms with Crippen LogP contribution >= 0.6 is 0 Å². The lowest BCUT2D eigenvalue weighted by molar-refractivity contribution is 0.837. The van der Waals surface area contributed by atoms with Gasteiger partial charge in [0, 0.05) is 32.5 Å². The molecule has 0 saturated carbocycles. The summed E-state index contributed by atoms with van der Waals surface area (Å²) in [6.07, 6.45) is 5.49. The van der Waals surface area contributed by atoms with Crippen LogP contribution in [0.25, 0.3) is 5.65 Å². The van der Waals surface area contributed by atoms with Crippen molar-refractivity contribution in [3.63, 3.8) is 0 Å². The molecule has 6 nitrogen and oxygen atoms in total. The summed E-state index contributed by atoms with van der Waals surface area (Å²) in [6, 6.07) is 7.88. The summed E-state index contributed by atoms with van der Waals surface area (Å²) in [5, 5.41) is 4.54. The highest BCUT2D eigenvalue weighted by Crippen LogP contribution is 2.13. The predicted octanol–water partition coefficient (Wildman–Crippen LogP) is 1.22. The third-order valence-electron chi connectivity index (χ3n) is 3.10. The molecule has 0 amide bonds. The van der Waals surface area contributed by atoms with Gasteiger partial charge in [0.15, 0.2) is 5.65 Å². The SMILES string of the molecule is CN(Cc1cccnc1)c1ccc2nc(CN)cn2n1. The van der Waals surface area contributed by atoms with E-state index in [2.05, 4.69) is 20.0 Å². The molecule has 102 valence electrons. The fraction of sp³-hybridized carbons (Fsp3) is 0.214. The number of hydrogen-bond donors (Lipinski definition) is 1. The van der Waals surface area contributed by atoms with Crippen molar-refractivity contribution < 1.29 is 0 Å². The van der Waals surface area contributed by atoms with E-state index >= 15 is 0 Å². The molecule has 0 radical (unpaired) electrons. The number of pyridine rings is 1. The molecule has 0 aromatic carbocycles. The number of fused-ring (bicyclic) bond motifs is 1. The number of aromatic nitrogens is 4. The lowest BCUT2D eigenvalue weighted by Crippen LogP contribution is -2.18. The van der Waals surface area contributed by atoms with Gasteiger partial charge in [0.05, 0.1) is 11.9 Å². The molecule has 6 heteroatoms. The lowest BCUT2D eigenvalue weighted by atomic mass is 10.3. The number of imidazole rings is 1. The Bertz CT molecular complexity index is 706. The van der Waals surface area contributed by atoms with Gasteiger partial charge in [0.25, 0.3) is 0 Å². The van der Waals surface area contributed by atoms with Crippen molar-refractivity contribution in [1.82, 2.24) is 19.6 Å². The lowest BCUT2D eigenvalue weighted by Gasteiger charge is -2.17. The molecule has 0 saturated heterocycles. The maximum atomic E-state index is 5.59. The number of nitrogens with zero attached hydrogens (tertiary/aromatic N) is 5. The zero-order chi connectivity index (χ0) is 13.9. The molecule has 0 spiro atoms. The maximum Gasteiger partial charge on any atom is 0.153 e. The molecular formula is C14H16N6. The Kier molecular flexibility index (Phi) is 3.30. The largest absolute Gasteiger partial charge is 0.354 e. The van der Waals surface area contributed by atoms with Crippen molar-refractivity contribution in [2.24, 2.45) is 5.73 Å². The van der Waals surface area contributed by atoms with E-state index in [0.29, 0.717) is 6.54 Å². The maximum absolute atomic E-state index is 5.59. The average Bonchev–Trinajstić information content (AvgIpc) is 2.90. The summed E-state index contributed by atoms with van der Waals surface area (Å²) in [4.78, 5) is 10.6. The summed E-state index contributed by atoms with van der Waals surface area (Å²) >= 11 is 0. The fourth-order valence-electron chi connectivity index (χ4n) is 2.07. The second-order valence-corrected chi connectivity index (χ2v) is 4.65. The third kappa shape index (κ3) is 2.46. The smallest absolute Gasteiger partial charge is 0.153 e. The quantitative estimate of drug-likeness (QED) is 0.770. The molecule has 0 aliphatic rings. The first-order valence-corrected chi connectivity index (χ1v) is 6.41. The van der Waals surface area contributed by atoms with Crippen molar-refractivity contribution >= 4 is 11.5 Å². The summed E-state index contributed by atoms with van der Waals surface area (Å²) in [6.45, 7) is 1.18. The van der Waals surface area contributed by atoms with Crippen molar-refractivity contribution in [1.29, 1.82) is 0 Å². The Hall–Kier alpha value is -2.47. The van der Waals surface area contributed by atoms with Crippen molar-refractivity contribution in [2.75, 3.05) is 11.9 Å². The molecule has 3 rings (SSSR count). The van der Waals surface area contributed by atoms with Crippen molar-refractivity contribution in [3.8, 4) is 0 Å². The van der Waals surface area contributed by atoms with E-state index in [1.807, 2.05) is 43.7 Å². The van der Waals surface area contributed by atoms with Crippen LogP contribution in [0.3, 0.4) is 0 Å². The van der Waals surface area contributed by atoms with Crippen LogP contribution in [0.4, 0.5) is 5.82 Å². The van der Waals surface area contributed by atoms with Gasteiger partial charge in [-0.1, -0.05) is 6.07 Å². The van der Waals surface area contributed by atoms with E-state index < -0.39 is 0 Å². The molecule has 3 heterocycles. The summed E-state index contributed by atoms with van der Waals surface area (Å²) in [5.41, 5.74) is 8.38. The molecule has 3 aromatic rings. The Morgan fingerprint density at radius 3 is 2.95 bits per heavy atom. The number of rotatable bonds is 4. The van der Waals surface area contributed by atoms with Crippen LogP contribution in [-0.4, -0.2) is 26.6 Å². The molecule has 0 fully saturated rings. The average molecular weight is 268 g/mol. The summed E-state index contributed by atoms with van der Waals surface area (Å²) in [7, 11) is 2.00. The third-order valence-corrected chi connectivity index (χ3v) is 3.10. The normalized spacial score (nSPS) is 10.9. The number of hydrogen-bond acceptors (Lipinski definition) is 5.